The molecule has 22 heavy (non-hydrogen) atoms. The predicted octanol–water partition coefficient (Wildman–Crippen LogP) is 4.46. The summed E-state index contributed by atoms with van der Waals surface area (Å²) in [7, 11) is 0. The van der Waals surface area contributed by atoms with Gasteiger partial charge in [0, 0.05) is 17.7 Å². The van der Waals surface area contributed by atoms with Gasteiger partial charge in [-0.3, -0.25) is 4.79 Å². The van der Waals surface area contributed by atoms with Crippen LogP contribution in [0.4, 0.5) is 5.69 Å². The molecular formula is C18H18N2O2. The fraction of sp³-hybridized carbons (Fsp3) is 0.222. The fourth-order valence-electron chi connectivity index (χ4n) is 2.48. The largest absolute Gasteiger partial charge is 0.436 e. The third-order valence-electron chi connectivity index (χ3n) is 3.53. The van der Waals surface area contributed by atoms with Crippen LogP contribution in [-0.4, -0.2) is 10.9 Å². The van der Waals surface area contributed by atoms with E-state index < -0.39 is 0 Å². The first-order valence-electron chi connectivity index (χ1n) is 7.35. The van der Waals surface area contributed by atoms with E-state index in [1.165, 1.54) is 0 Å². The van der Waals surface area contributed by atoms with Crippen LogP contribution in [0.3, 0.4) is 0 Å². The summed E-state index contributed by atoms with van der Waals surface area (Å²) in [5.74, 6) is 0.553. The number of fused-ring (bicyclic) bond motifs is 1. The first kappa shape index (κ1) is 14.3. The lowest BCUT2D eigenvalue weighted by atomic mass is 10.1. The molecule has 0 radical (unpaired) electrons. The first-order chi connectivity index (χ1) is 10.6. The topological polar surface area (TPSA) is 55.1 Å². The molecule has 112 valence electrons. The molecule has 0 bridgehead atoms. The molecule has 0 aliphatic heterocycles. The average molecular weight is 294 g/mol. The number of benzene rings is 2. The number of oxazole rings is 1. The van der Waals surface area contributed by atoms with Gasteiger partial charge in [0.05, 0.1) is 0 Å². The Labute approximate surface area is 129 Å². The summed E-state index contributed by atoms with van der Waals surface area (Å²) in [5, 5.41) is 2.85. The van der Waals surface area contributed by atoms with Gasteiger partial charge in [0.2, 0.25) is 11.8 Å². The second kappa shape index (κ2) is 5.64. The van der Waals surface area contributed by atoms with Gasteiger partial charge in [0.25, 0.3) is 0 Å². The van der Waals surface area contributed by atoms with Crippen molar-refractivity contribution in [3.05, 3.63) is 47.5 Å². The maximum absolute atomic E-state index is 11.5. The smallest absolute Gasteiger partial charge is 0.227 e. The number of hydrogen-bond acceptors (Lipinski definition) is 3. The molecule has 2 aromatic carbocycles. The van der Waals surface area contributed by atoms with Crippen molar-refractivity contribution in [2.24, 2.45) is 0 Å². The minimum atomic E-state index is -0.0128. The van der Waals surface area contributed by atoms with Gasteiger partial charge in [-0.05, 0) is 49.2 Å². The zero-order chi connectivity index (χ0) is 15.7. The number of nitrogens with one attached hydrogen (secondary N) is 1. The summed E-state index contributed by atoms with van der Waals surface area (Å²) in [5.41, 5.74) is 5.50. The van der Waals surface area contributed by atoms with E-state index in [4.69, 9.17) is 4.42 Å². The molecule has 1 heterocycles. The molecule has 1 N–H and O–H groups in total. The number of hydrogen-bond donors (Lipinski definition) is 1. The highest BCUT2D eigenvalue weighted by atomic mass is 16.3. The van der Waals surface area contributed by atoms with Crippen molar-refractivity contribution >= 4 is 22.7 Å². The van der Waals surface area contributed by atoms with Crippen molar-refractivity contribution in [2.75, 3.05) is 5.32 Å². The number of anilines is 1. The molecule has 0 spiro atoms. The normalized spacial score (nSPS) is 10.9. The molecule has 0 aliphatic carbocycles. The van der Waals surface area contributed by atoms with E-state index in [-0.39, 0.29) is 5.91 Å². The van der Waals surface area contributed by atoms with E-state index in [9.17, 15) is 4.79 Å². The molecule has 3 aromatic rings. The summed E-state index contributed by atoms with van der Waals surface area (Å²) in [6.45, 7) is 5.88. The number of rotatable bonds is 3. The Bertz CT molecular complexity index is 849. The molecule has 3 rings (SSSR count). The monoisotopic (exact) mass is 294 g/mol. The van der Waals surface area contributed by atoms with Crippen LogP contribution in [0.25, 0.3) is 22.6 Å². The third-order valence-corrected chi connectivity index (χ3v) is 3.53. The molecule has 4 heteroatoms. The third kappa shape index (κ3) is 2.72. The number of nitrogens with zero attached hydrogens (tertiary/aromatic N) is 1. The molecule has 4 nitrogen and oxygen atoms in total. The van der Waals surface area contributed by atoms with Gasteiger partial charge >= 0.3 is 0 Å². The van der Waals surface area contributed by atoms with E-state index in [2.05, 4.69) is 16.4 Å². The quantitative estimate of drug-likeness (QED) is 0.776. The van der Waals surface area contributed by atoms with Crippen molar-refractivity contribution in [1.82, 2.24) is 4.98 Å². The molecule has 0 atom stereocenters. The van der Waals surface area contributed by atoms with E-state index >= 15 is 0 Å². The van der Waals surface area contributed by atoms with Gasteiger partial charge in [-0.25, -0.2) is 4.98 Å². The molecule has 0 aliphatic rings. The average Bonchev–Trinajstić information content (AvgIpc) is 2.91. The first-order valence-corrected chi connectivity index (χ1v) is 7.35. The lowest BCUT2D eigenvalue weighted by molar-refractivity contribution is -0.115. The Morgan fingerprint density at radius 2 is 2.05 bits per heavy atom. The maximum atomic E-state index is 11.5. The second-order valence-corrected chi connectivity index (χ2v) is 5.43. The van der Waals surface area contributed by atoms with Crippen LogP contribution in [0.2, 0.25) is 0 Å². The zero-order valence-electron chi connectivity index (χ0n) is 12.9. The Morgan fingerprint density at radius 3 is 2.82 bits per heavy atom. The van der Waals surface area contributed by atoms with Crippen molar-refractivity contribution in [1.29, 1.82) is 0 Å². The SMILES string of the molecule is CCC(=O)Nc1cccc(-c2nc3cc(C)cc(C)c3o2)c1. The number of carbonyl (C=O) groups is 1. The van der Waals surface area contributed by atoms with Gasteiger partial charge in [-0.1, -0.05) is 19.1 Å². The summed E-state index contributed by atoms with van der Waals surface area (Å²) in [4.78, 5) is 16.1. The summed E-state index contributed by atoms with van der Waals surface area (Å²) in [6.07, 6.45) is 0.450. The van der Waals surface area contributed by atoms with Crippen LogP contribution in [0.1, 0.15) is 24.5 Å². The minimum absolute atomic E-state index is 0.0128. The Morgan fingerprint density at radius 1 is 1.23 bits per heavy atom. The molecule has 0 unspecified atom stereocenters. The van der Waals surface area contributed by atoms with Crippen LogP contribution in [0, 0.1) is 13.8 Å². The van der Waals surface area contributed by atoms with Crippen molar-refractivity contribution in [3.63, 3.8) is 0 Å². The van der Waals surface area contributed by atoms with Crippen molar-refractivity contribution in [3.8, 4) is 11.5 Å². The maximum Gasteiger partial charge on any atom is 0.227 e. The molecule has 1 amide bonds. The molecule has 0 fully saturated rings. The van der Waals surface area contributed by atoms with Gasteiger partial charge in [0.1, 0.15) is 5.52 Å². The zero-order valence-corrected chi connectivity index (χ0v) is 12.9. The predicted molar refractivity (Wildman–Crippen MR) is 87.8 cm³/mol. The standard InChI is InChI=1S/C18H18N2O2/c1-4-16(21)19-14-7-5-6-13(10-14)18-20-15-9-11(2)8-12(3)17(15)22-18/h5-10H,4H2,1-3H3,(H,19,21). The highest BCUT2D eigenvalue weighted by molar-refractivity contribution is 5.91. The summed E-state index contributed by atoms with van der Waals surface area (Å²) < 4.78 is 5.90. The van der Waals surface area contributed by atoms with Crippen LogP contribution >= 0.6 is 0 Å². The Kier molecular flexibility index (Phi) is 3.67. The van der Waals surface area contributed by atoms with E-state index in [1.54, 1.807) is 0 Å². The van der Waals surface area contributed by atoms with Crippen molar-refractivity contribution < 1.29 is 9.21 Å². The summed E-state index contributed by atoms with van der Waals surface area (Å²) >= 11 is 0. The fourth-order valence-corrected chi connectivity index (χ4v) is 2.48. The minimum Gasteiger partial charge on any atom is -0.436 e. The van der Waals surface area contributed by atoms with E-state index in [1.807, 2.05) is 51.1 Å². The Hall–Kier alpha value is -2.62. The second-order valence-electron chi connectivity index (χ2n) is 5.43. The molecule has 0 saturated heterocycles. The highest BCUT2D eigenvalue weighted by Gasteiger charge is 2.11. The van der Waals surface area contributed by atoms with Crippen LogP contribution in [0.5, 0.6) is 0 Å². The number of amides is 1. The number of aromatic nitrogens is 1. The van der Waals surface area contributed by atoms with Crippen molar-refractivity contribution in [2.45, 2.75) is 27.2 Å². The van der Waals surface area contributed by atoms with Crippen LogP contribution in [0.15, 0.2) is 40.8 Å². The lowest BCUT2D eigenvalue weighted by Gasteiger charge is -2.04. The van der Waals surface area contributed by atoms with E-state index in [0.29, 0.717) is 12.3 Å². The molecule has 1 aromatic heterocycles. The van der Waals surface area contributed by atoms with Crippen LogP contribution in [-0.2, 0) is 4.79 Å². The van der Waals surface area contributed by atoms with Crippen LogP contribution < -0.4 is 5.32 Å². The van der Waals surface area contributed by atoms with Gasteiger partial charge in [-0.15, -0.1) is 0 Å². The molecule has 0 saturated carbocycles. The van der Waals surface area contributed by atoms with Gasteiger partial charge in [0.15, 0.2) is 5.58 Å². The number of carbonyl (C=O) groups excluding carboxylic acids is 1. The van der Waals surface area contributed by atoms with E-state index in [0.717, 1.165) is 33.5 Å². The number of aryl methyl sites for hydroxylation is 2. The highest BCUT2D eigenvalue weighted by Crippen LogP contribution is 2.28. The Balaban J connectivity index is 2.02. The summed E-state index contributed by atoms with van der Waals surface area (Å²) in [6, 6.07) is 11.6. The van der Waals surface area contributed by atoms with Gasteiger partial charge in [-0.2, -0.15) is 0 Å². The molecular weight excluding hydrogens is 276 g/mol. The van der Waals surface area contributed by atoms with Gasteiger partial charge < -0.3 is 9.73 Å². The lowest BCUT2D eigenvalue weighted by Crippen LogP contribution is -2.09.